The summed E-state index contributed by atoms with van der Waals surface area (Å²) in [7, 11) is 6.65. The van der Waals surface area contributed by atoms with Gasteiger partial charge in [0.15, 0.2) is 0 Å². The molecule has 4 heteroatoms. The SMILES string of the molecule is CCNC(C)(CO)CCCN(C)CC1(N(C)C)CCC1. The molecule has 1 aliphatic rings. The van der Waals surface area contributed by atoms with Gasteiger partial charge in [0, 0.05) is 17.6 Å². The first-order chi connectivity index (χ1) is 9.37. The zero-order valence-corrected chi connectivity index (χ0v) is 14.2. The van der Waals surface area contributed by atoms with Crippen molar-refractivity contribution < 1.29 is 5.11 Å². The Morgan fingerprint density at radius 3 is 2.30 bits per heavy atom. The topological polar surface area (TPSA) is 38.7 Å². The molecule has 1 aliphatic carbocycles. The average molecular weight is 285 g/mol. The monoisotopic (exact) mass is 285 g/mol. The van der Waals surface area contributed by atoms with E-state index in [1.165, 1.54) is 19.3 Å². The number of aliphatic hydroxyl groups is 1. The molecular formula is C16H35N3O. The molecule has 2 N–H and O–H groups in total. The lowest BCUT2D eigenvalue weighted by molar-refractivity contribution is 0.0267. The van der Waals surface area contributed by atoms with Gasteiger partial charge in [-0.1, -0.05) is 6.92 Å². The molecule has 0 amide bonds. The van der Waals surface area contributed by atoms with Crippen molar-refractivity contribution >= 4 is 0 Å². The lowest BCUT2D eigenvalue weighted by atomic mass is 9.75. The van der Waals surface area contributed by atoms with Crippen molar-refractivity contribution in [1.82, 2.24) is 15.1 Å². The Kier molecular flexibility index (Phi) is 6.92. The van der Waals surface area contributed by atoms with E-state index in [0.717, 1.165) is 32.5 Å². The summed E-state index contributed by atoms with van der Waals surface area (Å²) in [5.74, 6) is 0. The third kappa shape index (κ3) is 4.69. The van der Waals surface area contributed by atoms with Crippen molar-refractivity contribution in [1.29, 1.82) is 0 Å². The molecule has 0 aromatic carbocycles. The highest BCUT2D eigenvalue weighted by molar-refractivity contribution is 4.97. The number of rotatable bonds is 10. The summed E-state index contributed by atoms with van der Waals surface area (Å²) in [5, 5.41) is 12.9. The minimum absolute atomic E-state index is 0.120. The van der Waals surface area contributed by atoms with Gasteiger partial charge >= 0.3 is 0 Å². The standard InChI is InChI=1S/C16H35N3O/c1-6-17-15(2,14-20)9-8-12-19(5)13-16(18(3)4)10-7-11-16/h17,20H,6-14H2,1-5H3. The van der Waals surface area contributed by atoms with E-state index in [-0.39, 0.29) is 12.1 Å². The lowest BCUT2D eigenvalue weighted by Gasteiger charge is -2.49. The van der Waals surface area contributed by atoms with Crippen LogP contribution in [0.5, 0.6) is 0 Å². The fourth-order valence-corrected chi connectivity index (χ4v) is 3.30. The number of likely N-dealkylation sites (N-methyl/N-ethyl adjacent to an activating group) is 3. The Morgan fingerprint density at radius 1 is 1.25 bits per heavy atom. The summed E-state index contributed by atoms with van der Waals surface area (Å²) in [6.07, 6.45) is 6.18. The first-order valence-electron chi connectivity index (χ1n) is 8.09. The Morgan fingerprint density at radius 2 is 1.90 bits per heavy atom. The van der Waals surface area contributed by atoms with Crippen molar-refractivity contribution in [3.8, 4) is 0 Å². The van der Waals surface area contributed by atoms with Crippen LogP contribution in [0.1, 0.15) is 46.0 Å². The molecule has 0 bridgehead atoms. The van der Waals surface area contributed by atoms with Crippen molar-refractivity contribution in [2.45, 2.75) is 57.0 Å². The van der Waals surface area contributed by atoms with Crippen LogP contribution in [0.15, 0.2) is 0 Å². The number of hydrogen-bond acceptors (Lipinski definition) is 4. The van der Waals surface area contributed by atoms with Gasteiger partial charge in [0.25, 0.3) is 0 Å². The first-order valence-corrected chi connectivity index (χ1v) is 8.09. The van der Waals surface area contributed by atoms with Crippen LogP contribution in [0.4, 0.5) is 0 Å². The van der Waals surface area contributed by atoms with E-state index in [9.17, 15) is 5.11 Å². The Bertz CT molecular complexity index is 279. The molecule has 0 radical (unpaired) electrons. The maximum Gasteiger partial charge on any atom is 0.0610 e. The van der Waals surface area contributed by atoms with Gasteiger partial charge < -0.3 is 20.2 Å². The third-order valence-corrected chi connectivity index (χ3v) is 5.02. The molecule has 20 heavy (non-hydrogen) atoms. The molecular weight excluding hydrogens is 250 g/mol. The van der Waals surface area contributed by atoms with Gasteiger partial charge in [-0.25, -0.2) is 0 Å². The maximum atomic E-state index is 9.51. The highest BCUT2D eigenvalue weighted by Crippen LogP contribution is 2.36. The summed E-state index contributed by atoms with van der Waals surface area (Å²) in [6.45, 7) is 7.61. The second-order valence-electron chi connectivity index (χ2n) is 7.06. The normalized spacial score (nSPS) is 21.0. The maximum absolute atomic E-state index is 9.51. The molecule has 0 spiro atoms. The summed E-state index contributed by atoms with van der Waals surface area (Å²) < 4.78 is 0. The van der Waals surface area contributed by atoms with Crippen LogP contribution >= 0.6 is 0 Å². The molecule has 0 aromatic heterocycles. The molecule has 1 rings (SSSR count). The van der Waals surface area contributed by atoms with E-state index in [2.05, 4.69) is 50.1 Å². The molecule has 0 heterocycles. The van der Waals surface area contributed by atoms with E-state index in [1.54, 1.807) is 0 Å². The summed E-state index contributed by atoms with van der Waals surface area (Å²) >= 11 is 0. The van der Waals surface area contributed by atoms with Gasteiger partial charge in [0.05, 0.1) is 6.61 Å². The van der Waals surface area contributed by atoms with E-state index in [0.29, 0.717) is 5.54 Å². The van der Waals surface area contributed by atoms with E-state index in [1.807, 2.05) is 0 Å². The van der Waals surface area contributed by atoms with Crippen LogP contribution in [-0.2, 0) is 0 Å². The lowest BCUT2D eigenvalue weighted by Crippen LogP contribution is -2.56. The molecule has 0 aromatic rings. The fraction of sp³-hybridized carbons (Fsp3) is 1.00. The van der Waals surface area contributed by atoms with Crippen molar-refractivity contribution in [2.24, 2.45) is 0 Å². The van der Waals surface area contributed by atoms with Crippen LogP contribution in [-0.4, -0.2) is 73.4 Å². The quantitative estimate of drug-likeness (QED) is 0.639. The Labute approximate surface area is 125 Å². The van der Waals surface area contributed by atoms with E-state index < -0.39 is 0 Å². The van der Waals surface area contributed by atoms with Gasteiger partial charge in [-0.3, -0.25) is 0 Å². The average Bonchev–Trinajstić information content (AvgIpc) is 2.33. The molecule has 1 saturated carbocycles. The van der Waals surface area contributed by atoms with Crippen LogP contribution in [0.25, 0.3) is 0 Å². The van der Waals surface area contributed by atoms with Crippen LogP contribution in [0.3, 0.4) is 0 Å². The highest BCUT2D eigenvalue weighted by Gasteiger charge is 2.39. The number of aliphatic hydroxyl groups excluding tert-OH is 1. The molecule has 0 saturated heterocycles. The minimum Gasteiger partial charge on any atom is -0.394 e. The Balaban J connectivity index is 2.31. The summed E-state index contributed by atoms with van der Waals surface area (Å²) in [5.41, 5.74) is 0.294. The van der Waals surface area contributed by atoms with E-state index >= 15 is 0 Å². The number of nitrogens with zero attached hydrogens (tertiary/aromatic N) is 2. The van der Waals surface area contributed by atoms with E-state index in [4.69, 9.17) is 0 Å². The van der Waals surface area contributed by atoms with Gasteiger partial charge in [-0.15, -0.1) is 0 Å². The third-order valence-electron chi connectivity index (χ3n) is 5.02. The zero-order chi connectivity index (χ0) is 15.2. The predicted octanol–water partition coefficient (Wildman–Crippen LogP) is 1.54. The van der Waals surface area contributed by atoms with Gasteiger partial charge in [-0.2, -0.15) is 0 Å². The van der Waals surface area contributed by atoms with Crippen LogP contribution in [0, 0.1) is 0 Å². The van der Waals surface area contributed by atoms with Gasteiger partial charge in [-0.05, 0) is 73.3 Å². The first kappa shape index (κ1) is 17.9. The molecule has 4 nitrogen and oxygen atoms in total. The predicted molar refractivity (Wildman–Crippen MR) is 86.2 cm³/mol. The summed E-state index contributed by atoms with van der Waals surface area (Å²) in [4.78, 5) is 4.87. The molecule has 120 valence electrons. The zero-order valence-electron chi connectivity index (χ0n) is 14.2. The van der Waals surface area contributed by atoms with Crippen LogP contribution in [0.2, 0.25) is 0 Å². The number of nitrogens with one attached hydrogen (secondary N) is 1. The fourth-order valence-electron chi connectivity index (χ4n) is 3.30. The van der Waals surface area contributed by atoms with Crippen LogP contribution < -0.4 is 5.32 Å². The minimum atomic E-state index is -0.120. The number of hydrogen-bond donors (Lipinski definition) is 2. The second-order valence-corrected chi connectivity index (χ2v) is 7.06. The van der Waals surface area contributed by atoms with Gasteiger partial charge in [0.1, 0.15) is 0 Å². The van der Waals surface area contributed by atoms with Crippen molar-refractivity contribution in [3.63, 3.8) is 0 Å². The molecule has 1 atom stereocenters. The second kappa shape index (κ2) is 7.74. The summed E-state index contributed by atoms with van der Waals surface area (Å²) in [6, 6.07) is 0. The van der Waals surface area contributed by atoms with Crippen molar-refractivity contribution in [2.75, 3.05) is 47.4 Å². The van der Waals surface area contributed by atoms with Gasteiger partial charge in [0.2, 0.25) is 0 Å². The molecule has 1 unspecified atom stereocenters. The Hall–Kier alpha value is -0.160. The van der Waals surface area contributed by atoms with Crippen molar-refractivity contribution in [3.05, 3.63) is 0 Å². The smallest absolute Gasteiger partial charge is 0.0610 e. The molecule has 0 aliphatic heterocycles. The largest absolute Gasteiger partial charge is 0.394 e. The molecule has 1 fully saturated rings. The highest BCUT2D eigenvalue weighted by atomic mass is 16.3.